The Hall–Kier alpha value is -3.26. The van der Waals surface area contributed by atoms with Crippen LogP contribution in [-0.2, 0) is 23.2 Å². The number of hydrogen-bond donors (Lipinski definition) is 1. The highest BCUT2D eigenvalue weighted by atomic mass is 35.5. The predicted octanol–water partition coefficient (Wildman–Crippen LogP) is 2.20. The highest BCUT2D eigenvalue weighted by Crippen LogP contribution is 2.31. The monoisotopic (exact) mass is 411 g/mol. The summed E-state index contributed by atoms with van der Waals surface area (Å²) >= 11 is 5.93. The van der Waals surface area contributed by atoms with E-state index in [1.54, 1.807) is 4.52 Å². The van der Waals surface area contributed by atoms with E-state index in [2.05, 4.69) is 20.0 Å². The molecule has 148 valence electrons. The maximum absolute atomic E-state index is 12.2. The number of halogens is 1. The Bertz CT molecular complexity index is 1160. The molecule has 0 aromatic carbocycles. The lowest BCUT2D eigenvalue weighted by atomic mass is 10.0. The first kappa shape index (κ1) is 19.1. The van der Waals surface area contributed by atoms with Crippen molar-refractivity contribution in [2.24, 2.45) is 12.0 Å². The summed E-state index contributed by atoms with van der Waals surface area (Å²) in [6.07, 6.45) is 9.82. The van der Waals surface area contributed by atoms with E-state index >= 15 is 0 Å². The molecule has 1 N–H and O–H groups in total. The zero-order valence-corrected chi connectivity index (χ0v) is 16.6. The number of allylic oxidation sites excluding steroid dienone is 2. The van der Waals surface area contributed by atoms with E-state index in [1.807, 2.05) is 54.7 Å². The van der Waals surface area contributed by atoms with Crippen LogP contribution < -0.4 is 9.88 Å². The van der Waals surface area contributed by atoms with Crippen LogP contribution in [0.25, 0.3) is 5.52 Å². The molecular formula is C20H20ClN6O2+. The molecule has 1 aliphatic rings. The van der Waals surface area contributed by atoms with Crippen molar-refractivity contribution in [1.82, 2.24) is 14.2 Å². The second kappa shape index (κ2) is 8.00. The van der Waals surface area contributed by atoms with E-state index in [9.17, 15) is 9.59 Å². The minimum atomic E-state index is -0.382. The van der Waals surface area contributed by atoms with Gasteiger partial charge in [-0.1, -0.05) is 17.7 Å². The molecule has 0 saturated heterocycles. The van der Waals surface area contributed by atoms with E-state index in [-0.39, 0.29) is 28.7 Å². The molecule has 0 spiro atoms. The first-order valence-electron chi connectivity index (χ1n) is 9.26. The lowest BCUT2D eigenvalue weighted by Gasteiger charge is -2.08. The maximum atomic E-state index is 12.2. The van der Waals surface area contributed by atoms with Crippen LogP contribution in [0.3, 0.4) is 0 Å². The molecule has 0 fully saturated rings. The fourth-order valence-electron chi connectivity index (χ4n) is 3.13. The second-order valence-electron chi connectivity index (χ2n) is 6.84. The van der Waals surface area contributed by atoms with Crippen LogP contribution >= 0.6 is 11.6 Å². The number of carbonyl (C=O) groups is 2. The molecule has 0 unspecified atom stereocenters. The lowest BCUT2D eigenvalue weighted by molar-refractivity contribution is -0.671. The van der Waals surface area contributed by atoms with Crippen molar-refractivity contribution >= 4 is 45.9 Å². The van der Waals surface area contributed by atoms with E-state index in [1.165, 1.54) is 6.08 Å². The molecule has 4 rings (SSSR count). The summed E-state index contributed by atoms with van der Waals surface area (Å²) in [5.41, 5.74) is 1.47. The van der Waals surface area contributed by atoms with Gasteiger partial charge in [0.05, 0.1) is 30.6 Å². The van der Waals surface area contributed by atoms with Crippen LogP contribution in [0.5, 0.6) is 0 Å². The van der Waals surface area contributed by atoms with E-state index < -0.39 is 0 Å². The van der Waals surface area contributed by atoms with Gasteiger partial charge in [-0.2, -0.15) is 0 Å². The SMILES string of the molecule is C[n+]1ccn(CCCNc2nn3ccccc3c2N=C2C=C(Cl)C(=O)CC2=O)c1. The third-order valence-corrected chi connectivity index (χ3v) is 4.91. The van der Waals surface area contributed by atoms with E-state index in [4.69, 9.17) is 11.6 Å². The van der Waals surface area contributed by atoms with Gasteiger partial charge in [-0.15, -0.1) is 5.10 Å². The van der Waals surface area contributed by atoms with Crippen LogP contribution in [0.4, 0.5) is 11.5 Å². The van der Waals surface area contributed by atoms with Crippen molar-refractivity contribution in [3.8, 4) is 0 Å². The summed E-state index contributed by atoms with van der Waals surface area (Å²) < 4.78 is 5.81. The highest BCUT2D eigenvalue weighted by Gasteiger charge is 2.24. The standard InChI is InChI=1S/C20H20ClN6O2/c1-25-9-10-26(13-25)7-4-6-22-20-19(16-5-2-3-8-27(16)24-20)23-15-11-14(21)17(28)12-18(15)29/h2-3,5,8-11,13H,4,6-7,12H2,1H3,(H,22,24)/q+1. The summed E-state index contributed by atoms with van der Waals surface area (Å²) in [6, 6.07) is 5.63. The van der Waals surface area contributed by atoms with Gasteiger partial charge in [-0.05, 0) is 18.2 Å². The molecule has 0 saturated carbocycles. The molecule has 29 heavy (non-hydrogen) atoms. The topological polar surface area (TPSA) is 84.6 Å². The van der Waals surface area contributed by atoms with Crippen LogP contribution in [-0.4, -0.2) is 38.0 Å². The van der Waals surface area contributed by atoms with Gasteiger partial charge in [0.2, 0.25) is 6.33 Å². The second-order valence-corrected chi connectivity index (χ2v) is 7.24. The fourth-order valence-corrected chi connectivity index (χ4v) is 3.30. The Morgan fingerprint density at radius 3 is 2.93 bits per heavy atom. The van der Waals surface area contributed by atoms with Gasteiger partial charge in [-0.25, -0.2) is 18.6 Å². The quantitative estimate of drug-likeness (QED) is 0.383. The normalized spacial score (nSPS) is 15.9. The number of nitrogens with one attached hydrogen (secondary N) is 1. The first-order valence-corrected chi connectivity index (χ1v) is 9.63. The largest absolute Gasteiger partial charge is 0.367 e. The molecule has 0 atom stereocenters. The Morgan fingerprint density at radius 2 is 2.14 bits per heavy atom. The Morgan fingerprint density at radius 1 is 1.28 bits per heavy atom. The molecule has 9 heteroatoms. The fraction of sp³-hybridized carbons (Fsp3) is 0.250. The Balaban J connectivity index is 1.58. The number of anilines is 1. The molecule has 3 aromatic rings. The number of hydrogen-bond acceptors (Lipinski definition) is 5. The van der Waals surface area contributed by atoms with Crippen LogP contribution in [0.15, 0.2) is 59.2 Å². The van der Waals surface area contributed by atoms with Gasteiger partial charge in [0.15, 0.2) is 17.4 Å². The van der Waals surface area contributed by atoms with Crippen LogP contribution in [0.1, 0.15) is 12.8 Å². The van der Waals surface area contributed by atoms with Gasteiger partial charge < -0.3 is 5.32 Å². The molecule has 0 aliphatic heterocycles. The van der Waals surface area contributed by atoms with Gasteiger partial charge in [0.1, 0.15) is 23.8 Å². The van der Waals surface area contributed by atoms with Gasteiger partial charge in [0.25, 0.3) is 0 Å². The number of Topliss-reactive ketones (excluding diaryl/α,β-unsaturated/α-hetero) is 2. The summed E-state index contributed by atoms with van der Waals surface area (Å²) in [7, 11) is 1.98. The van der Waals surface area contributed by atoms with Gasteiger partial charge in [0, 0.05) is 19.2 Å². The zero-order chi connectivity index (χ0) is 20.4. The average Bonchev–Trinajstić information content (AvgIpc) is 3.27. The molecule has 0 bridgehead atoms. The summed E-state index contributed by atoms with van der Waals surface area (Å²) in [5, 5.41) is 7.88. The molecule has 0 radical (unpaired) electrons. The van der Waals surface area contributed by atoms with Crippen molar-refractivity contribution in [2.45, 2.75) is 19.4 Å². The molecule has 1 aliphatic carbocycles. The maximum Gasteiger partial charge on any atom is 0.243 e. The van der Waals surface area contributed by atoms with Crippen molar-refractivity contribution < 1.29 is 14.2 Å². The van der Waals surface area contributed by atoms with Crippen LogP contribution in [0.2, 0.25) is 0 Å². The summed E-state index contributed by atoms with van der Waals surface area (Å²) in [6.45, 7) is 1.55. The predicted molar refractivity (Wildman–Crippen MR) is 110 cm³/mol. The lowest BCUT2D eigenvalue weighted by Crippen LogP contribution is -2.23. The average molecular weight is 412 g/mol. The number of ketones is 2. The number of imidazole rings is 1. The van der Waals surface area contributed by atoms with E-state index in [0.717, 1.165) is 18.5 Å². The number of aliphatic imine (C=N–C) groups is 1. The smallest absolute Gasteiger partial charge is 0.243 e. The number of carbonyl (C=O) groups excluding carboxylic acids is 2. The van der Waals surface area contributed by atoms with E-state index in [0.29, 0.717) is 18.1 Å². The van der Waals surface area contributed by atoms with Gasteiger partial charge >= 0.3 is 0 Å². The number of aromatic nitrogens is 4. The molecule has 3 aromatic heterocycles. The van der Waals surface area contributed by atoms with Crippen molar-refractivity contribution in [3.63, 3.8) is 0 Å². The third kappa shape index (κ3) is 4.12. The zero-order valence-electron chi connectivity index (χ0n) is 15.9. The molecule has 8 nitrogen and oxygen atoms in total. The minimum absolute atomic E-state index is 0.0224. The number of rotatable bonds is 6. The Labute approximate surface area is 172 Å². The molecule has 3 heterocycles. The van der Waals surface area contributed by atoms with Crippen LogP contribution in [0, 0.1) is 0 Å². The summed E-state index contributed by atoms with van der Waals surface area (Å²) in [4.78, 5) is 28.4. The van der Waals surface area contributed by atoms with Gasteiger partial charge in [-0.3, -0.25) is 9.59 Å². The van der Waals surface area contributed by atoms with Crippen molar-refractivity contribution in [3.05, 3.63) is 54.2 Å². The number of nitrogens with zero attached hydrogens (tertiary/aromatic N) is 5. The van der Waals surface area contributed by atoms with Crippen molar-refractivity contribution in [2.75, 3.05) is 11.9 Å². The minimum Gasteiger partial charge on any atom is -0.367 e. The van der Waals surface area contributed by atoms with Crippen molar-refractivity contribution in [1.29, 1.82) is 0 Å². The number of aryl methyl sites for hydroxylation is 2. The highest BCUT2D eigenvalue weighted by molar-refractivity contribution is 6.57. The summed E-state index contributed by atoms with van der Waals surface area (Å²) in [5.74, 6) is -0.149. The molecular weight excluding hydrogens is 392 g/mol. The molecule has 0 amide bonds. The number of pyridine rings is 1. The number of fused-ring (bicyclic) bond motifs is 1. The third-order valence-electron chi connectivity index (χ3n) is 4.59. The Kier molecular flexibility index (Phi) is 5.26. The first-order chi connectivity index (χ1) is 14.0.